The van der Waals surface area contributed by atoms with Crippen LogP contribution < -0.4 is 0 Å². The van der Waals surface area contributed by atoms with Crippen LogP contribution >= 0.6 is 0 Å². The Bertz CT molecular complexity index is 560. The van der Waals surface area contributed by atoms with Gasteiger partial charge in [0.15, 0.2) is 0 Å². The zero-order chi connectivity index (χ0) is 15.7. The van der Waals surface area contributed by atoms with E-state index in [9.17, 15) is 13.6 Å². The highest BCUT2D eigenvalue weighted by molar-refractivity contribution is 5.81. The van der Waals surface area contributed by atoms with Gasteiger partial charge in [0, 0.05) is 43.7 Å². The van der Waals surface area contributed by atoms with Crippen molar-refractivity contribution in [3.8, 4) is 0 Å². The zero-order valence-corrected chi connectivity index (χ0v) is 12.9. The Morgan fingerprint density at radius 3 is 2.77 bits per heavy atom. The fraction of sp³-hybridized carbons (Fsp3) is 0.588. The van der Waals surface area contributed by atoms with Crippen LogP contribution in [0.1, 0.15) is 31.2 Å². The topological polar surface area (TPSA) is 23.6 Å². The lowest BCUT2D eigenvalue weighted by molar-refractivity contribution is -0.134. The molecule has 1 aromatic carbocycles. The molecule has 1 aromatic rings. The van der Waals surface area contributed by atoms with Crippen LogP contribution in [-0.4, -0.2) is 41.9 Å². The average Bonchev–Trinajstić information content (AvgIpc) is 3.34. The van der Waals surface area contributed by atoms with Crippen molar-refractivity contribution in [3.05, 3.63) is 35.4 Å². The molecule has 0 bridgehead atoms. The van der Waals surface area contributed by atoms with E-state index in [1.54, 1.807) is 0 Å². The first-order valence-corrected chi connectivity index (χ1v) is 7.97. The molecule has 0 N–H and O–H groups in total. The summed E-state index contributed by atoms with van der Waals surface area (Å²) in [5, 5.41) is 0. The molecule has 2 fully saturated rings. The predicted molar refractivity (Wildman–Crippen MR) is 80.2 cm³/mol. The van der Waals surface area contributed by atoms with Crippen molar-refractivity contribution >= 4 is 5.91 Å². The quantitative estimate of drug-likeness (QED) is 0.854. The van der Waals surface area contributed by atoms with Gasteiger partial charge in [0.05, 0.1) is 0 Å². The molecule has 1 saturated carbocycles. The van der Waals surface area contributed by atoms with E-state index in [1.807, 2.05) is 11.9 Å². The van der Waals surface area contributed by atoms with Crippen LogP contribution in [0, 0.1) is 17.6 Å². The van der Waals surface area contributed by atoms with E-state index in [0.29, 0.717) is 12.1 Å². The van der Waals surface area contributed by atoms with Crippen molar-refractivity contribution < 1.29 is 13.6 Å². The van der Waals surface area contributed by atoms with E-state index in [0.717, 1.165) is 44.8 Å². The number of halogens is 2. The molecule has 120 valence electrons. The van der Waals surface area contributed by atoms with Gasteiger partial charge < -0.3 is 4.90 Å². The molecule has 0 aromatic heterocycles. The van der Waals surface area contributed by atoms with Crippen LogP contribution in [0.25, 0.3) is 0 Å². The summed E-state index contributed by atoms with van der Waals surface area (Å²) in [6.07, 6.45) is 4.02. The molecule has 1 heterocycles. The summed E-state index contributed by atoms with van der Waals surface area (Å²) in [5.74, 6) is -0.563. The van der Waals surface area contributed by atoms with Crippen LogP contribution in [0.2, 0.25) is 0 Å². The summed E-state index contributed by atoms with van der Waals surface area (Å²) < 4.78 is 26.7. The SMILES string of the molecule is CN(C(=O)C1CC1)C1CCCN(Cc2ccc(F)cc2F)C1. The molecule has 1 atom stereocenters. The lowest BCUT2D eigenvalue weighted by atomic mass is 10.0. The van der Waals surface area contributed by atoms with E-state index in [1.165, 1.54) is 12.1 Å². The first-order valence-electron chi connectivity index (χ1n) is 7.97. The Kier molecular flexibility index (Phi) is 4.43. The minimum atomic E-state index is -0.549. The molecule has 22 heavy (non-hydrogen) atoms. The van der Waals surface area contributed by atoms with Crippen molar-refractivity contribution in [2.24, 2.45) is 5.92 Å². The standard InChI is InChI=1S/C17H22F2N2O/c1-20(17(22)12-4-5-12)15-3-2-8-21(11-15)10-13-6-7-14(18)9-16(13)19/h6-7,9,12,15H,2-5,8,10-11H2,1H3. The number of amides is 1. The molecular formula is C17H22F2N2O. The predicted octanol–water partition coefficient (Wildman–Crippen LogP) is 2.80. The van der Waals surface area contributed by atoms with Crippen molar-refractivity contribution in [3.63, 3.8) is 0 Å². The Balaban J connectivity index is 1.61. The number of likely N-dealkylation sites (N-methyl/N-ethyl adjacent to an activating group) is 1. The van der Waals surface area contributed by atoms with Gasteiger partial charge in [-0.3, -0.25) is 9.69 Å². The van der Waals surface area contributed by atoms with Crippen molar-refractivity contribution in [1.29, 1.82) is 0 Å². The van der Waals surface area contributed by atoms with E-state index in [2.05, 4.69) is 4.90 Å². The Labute approximate surface area is 129 Å². The molecule has 1 unspecified atom stereocenters. The van der Waals surface area contributed by atoms with E-state index >= 15 is 0 Å². The summed E-state index contributed by atoms with van der Waals surface area (Å²) in [7, 11) is 1.88. The molecule has 1 saturated heterocycles. The Morgan fingerprint density at radius 2 is 2.09 bits per heavy atom. The second-order valence-electron chi connectivity index (χ2n) is 6.49. The number of piperidine rings is 1. The third-order valence-corrected chi connectivity index (χ3v) is 4.71. The number of carbonyl (C=O) groups is 1. The molecule has 0 spiro atoms. The molecule has 2 aliphatic rings. The minimum Gasteiger partial charge on any atom is -0.341 e. The van der Waals surface area contributed by atoms with Crippen molar-refractivity contribution in [2.45, 2.75) is 38.3 Å². The number of carbonyl (C=O) groups excluding carboxylic acids is 1. The highest BCUT2D eigenvalue weighted by Gasteiger charge is 2.35. The first kappa shape index (κ1) is 15.4. The van der Waals surface area contributed by atoms with Gasteiger partial charge in [-0.25, -0.2) is 8.78 Å². The van der Waals surface area contributed by atoms with Gasteiger partial charge in [-0.1, -0.05) is 6.07 Å². The lowest BCUT2D eigenvalue weighted by Crippen LogP contribution is -2.48. The summed E-state index contributed by atoms with van der Waals surface area (Å²) >= 11 is 0. The van der Waals surface area contributed by atoms with E-state index in [-0.39, 0.29) is 17.9 Å². The summed E-state index contributed by atoms with van der Waals surface area (Å²) in [5.41, 5.74) is 0.512. The molecule has 3 rings (SSSR count). The second-order valence-corrected chi connectivity index (χ2v) is 6.49. The van der Waals surface area contributed by atoms with E-state index < -0.39 is 11.6 Å². The van der Waals surface area contributed by atoms with Crippen LogP contribution in [-0.2, 0) is 11.3 Å². The fourth-order valence-electron chi connectivity index (χ4n) is 3.18. The normalized spacial score (nSPS) is 22.6. The van der Waals surface area contributed by atoms with Crippen LogP contribution in [0.15, 0.2) is 18.2 Å². The lowest BCUT2D eigenvalue weighted by Gasteiger charge is -2.37. The number of hydrogen-bond acceptors (Lipinski definition) is 2. The van der Waals surface area contributed by atoms with Gasteiger partial charge in [0.1, 0.15) is 11.6 Å². The number of hydrogen-bond donors (Lipinski definition) is 0. The Morgan fingerprint density at radius 1 is 1.32 bits per heavy atom. The molecule has 3 nitrogen and oxygen atoms in total. The number of likely N-dealkylation sites (tertiary alicyclic amines) is 1. The van der Waals surface area contributed by atoms with Gasteiger partial charge in [0.2, 0.25) is 5.91 Å². The molecule has 5 heteroatoms. The molecule has 1 aliphatic heterocycles. The Hall–Kier alpha value is -1.49. The maximum atomic E-state index is 13.8. The molecular weight excluding hydrogens is 286 g/mol. The third-order valence-electron chi connectivity index (χ3n) is 4.71. The minimum absolute atomic E-state index is 0.199. The number of rotatable bonds is 4. The maximum Gasteiger partial charge on any atom is 0.225 e. The highest BCUT2D eigenvalue weighted by Crippen LogP contribution is 2.32. The van der Waals surface area contributed by atoms with Gasteiger partial charge in [0.25, 0.3) is 0 Å². The smallest absolute Gasteiger partial charge is 0.225 e. The maximum absolute atomic E-state index is 13.8. The molecule has 1 aliphatic carbocycles. The van der Waals surface area contributed by atoms with Gasteiger partial charge in [-0.15, -0.1) is 0 Å². The van der Waals surface area contributed by atoms with E-state index in [4.69, 9.17) is 0 Å². The van der Waals surface area contributed by atoms with Gasteiger partial charge >= 0.3 is 0 Å². The summed E-state index contributed by atoms with van der Waals surface area (Å²) in [6.45, 7) is 2.11. The summed E-state index contributed by atoms with van der Waals surface area (Å²) in [4.78, 5) is 16.2. The molecule has 1 amide bonds. The van der Waals surface area contributed by atoms with Crippen LogP contribution in [0.5, 0.6) is 0 Å². The van der Waals surface area contributed by atoms with Crippen LogP contribution in [0.3, 0.4) is 0 Å². The molecule has 0 radical (unpaired) electrons. The monoisotopic (exact) mass is 308 g/mol. The highest BCUT2D eigenvalue weighted by atomic mass is 19.1. The third kappa shape index (κ3) is 3.46. The second kappa shape index (κ2) is 6.32. The van der Waals surface area contributed by atoms with Gasteiger partial charge in [-0.2, -0.15) is 0 Å². The number of benzene rings is 1. The van der Waals surface area contributed by atoms with Crippen molar-refractivity contribution in [2.75, 3.05) is 20.1 Å². The largest absolute Gasteiger partial charge is 0.341 e. The van der Waals surface area contributed by atoms with Crippen LogP contribution in [0.4, 0.5) is 8.78 Å². The number of nitrogens with zero attached hydrogens (tertiary/aromatic N) is 2. The zero-order valence-electron chi connectivity index (χ0n) is 12.9. The summed E-state index contributed by atoms with van der Waals surface area (Å²) in [6, 6.07) is 3.93. The van der Waals surface area contributed by atoms with Gasteiger partial charge in [-0.05, 0) is 38.3 Å². The van der Waals surface area contributed by atoms with Crippen molar-refractivity contribution in [1.82, 2.24) is 9.80 Å². The first-order chi connectivity index (χ1) is 10.5. The fourth-order valence-corrected chi connectivity index (χ4v) is 3.18. The average molecular weight is 308 g/mol.